The fourth-order valence-electron chi connectivity index (χ4n) is 1.91. The molecule has 1 aromatic rings. The van der Waals surface area contributed by atoms with E-state index in [0.29, 0.717) is 13.1 Å². The maximum Gasteiger partial charge on any atom is 0.407 e. The van der Waals surface area contributed by atoms with E-state index in [-0.39, 0.29) is 24.8 Å². The number of hydrogen-bond acceptors (Lipinski definition) is 4. The lowest BCUT2D eigenvalue weighted by Crippen LogP contribution is -2.37. The summed E-state index contributed by atoms with van der Waals surface area (Å²) >= 11 is 3.37. The largest absolute Gasteiger partial charge is 0.444 e. The summed E-state index contributed by atoms with van der Waals surface area (Å²) in [7, 11) is 0. The maximum absolute atomic E-state index is 11.7. The lowest BCUT2D eigenvalue weighted by Gasteiger charge is -2.19. The van der Waals surface area contributed by atoms with E-state index in [4.69, 9.17) is 4.74 Å². The molecule has 0 saturated carbocycles. The Labute approximate surface area is 168 Å². The Balaban J connectivity index is 2.14. The van der Waals surface area contributed by atoms with Gasteiger partial charge < -0.3 is 20.7 Å². The van der Waals surface area contributed by atoms with Gasteiger partial charge in [-0.25, -0.2) is 4.79 Å². The molecule has 8 heteroatoms. The molecule has 0 unspecified atom stereocenters. The number of alkyl carbamates (subject to hydrolysis) is 1. The molecule has 0 radical (unpaired) electrons. The Morgan fingerprint density at radius 2 is 1.78 bits per heavy atom. The summed E-state index contributed by atoms with van der Waals surface area (Å²) in [6.45, 7) is 6.10. The van der Waals surface area contributed by atoms with Gasteiger partial charge in [0, 0.05) is 36.6 Å². The molecule has 27 heavy (non-hydrogen) atoms. The van der Waals surface area contributed by atoms with E-state index >= 15 is 0 Å². The second-order valence-electron chi connectivity index (χ2n) is 6.71. The number of carbonyl (C=O) groups excluding carboxylic acids is 3. The van der Waals surface area contributed by atoms with Gasteiger partial charge in [-0.2, -0.15) is 0 Å². The van der Waals surface area contributed by atoms with Crippen molar-refractivity contribution in [3.8, 4) is 0 Å². The van der Waals surface area contributed by atoms with E-state index in [2.05, 4.69) is 31.9 Å². The number of halogens is 1. The molecule has 0 aliphatic heterocycles. The first-order chi connectivity index (χ1) is 12.7. The van der Waals surface area contributed by atoms with Crippen molar-refractivity contribution < 1.29 is 19.1 Å². The lowest BCUT2D eigenvalue weighted by atomic mass is 10.2. The molecular weight excluding hydrogens is 414 g/mol. The minimum atomic E-state index is -0.573. The van der Waals surface area contributed by atoms with Crippen molar-refractivity contribution in [2.45, 2.75) is 32.8 Å². The zero-order valence-corrected chi connectivity index (χ0v) is 17.4. The van der Waals surface area contributed by atoms with E-state index in [1.54, 1.807) is 26.8 Å². The van der Waals surface area contributed by atoms with Gasteiger partial charge in [-0.3, -0.25) is 9.59 Å². The van der Waals surface area contributed by atoms with Gasteiger partial charge in [0.25, 0.3) is 0 Å². The van der Waals surface area contributed by atoms with Gasteiger partial charge in [-0.15, -0.1) is 0 Å². The number of carbonyl (C=O) groups is 3. The van der Waals surface area contributed by atoms with Crippen molar-refractivity contribution in [1.29, 1.82) is 0 Å². The summed E-state index contributed by atoms with van der Waals surface area (Å²) < 4.78 is 6.01. The average molecular weight is 440 g/mol. The van der Waals surface area contributed by atoms with E-state index in [9.17, 15) is 14.4 Å². The molecule has 0 aliphatic rings. The van der Waals surface area contributed by atoms with Crippen LogP contribution in [-0.2, 0) is 14.3 Å². The molecule has 7 nitrogen and oxygen atoms in total. The van der Waals surface area contributed by atoms with Crippen LogP contribution in [0.2, 0.25) is 0 Å². The van der Waals surface area contributed by atoms with Crippen LogP contribution in [0.15, 0.2) is 34.8 Å². The fourth-order valence-corrected chi connectivity index (χ4v) is 2.33. The zero-order valence-electron chi connectivity index (χ0n) is 15.8. The molecule has 0 aromatic heterocycles. The minimum Gasteiger partial charge on any atom is -0.444 e. The number of ether oxygens (including phenoxy) is 1. The fraction of sp³-hybridized carbons (Fsp3) is 0.421. The smallest absolute Gasteiger partial charge is 0.407 e. The minimum absolute atomic E-state index is 0.135. The normalized spacial score (nSPS) is 11.1. The Morgan fingerprint density at radius 1 is 1.07 bits per heavy atom. The summed E-state index contributed by atoms with van der Waals surface area (Å²) in [6, 6.07) is 7.58. The first-order valence-electron chi connectivity index (χ1n) is 8.61. The molecule has 1 rings (SSSR count). The summed E-state index contributed by atoms with van der Waals surface area (Å²) in [5.74, 6) is -0.458. The van der Waals surface area contributed by atoms with Crippen LogP contribution in [0.1, 0.15) is 32.8 Å². The van der Waals surface area contributed by atoms with Crippen LogP contribution in [-0.4, -0.2) is 43.1 Å². The SMILES string of the molecule is CC(C)(C)OC(=O)NCCC(=O)NCCNC(=O)/C=C/c1cccc(Br)c1. The summed E-state index contributed by atoms with van der Waals surface area (Å²) in [6.07, 6.45) is 2.73. The van der Waals surface area contributed by atoms with E-state index in [1.165, 1.54) is 6.08 Å². The van der Waals surface area contributed by atoms with Crippen LogP contribution in [0.4, 0.5) is 4.79 Å². The Morgan fingerprint density at radius 3 is 2.44 bits per heavy atom. The Bertz CT molecular complexity index is 684. The summed E-state index contributed by atoms with van der Waals surface area (Å²) in [5, 5.41) is 7.86. The average Bonchev–Trinajstić information content (AvgIpc) is 2.55. The molecule has 0 fully saturated rings. The van der Waals surface area contributed by atoms with Crippen LogP contribution >= 0.6 is 15.9 Å². The van der Waals surface area contributed by atoms with Crippen LogP contribution < -0.4 is 16.0 Å². The van der Waals surface area contributed by atoms with Crippen molar-refractivity contribution in [2.24, 2.45) is 0 Å². The number of benzene rings is 1. The standard InChI is InChI=1S/C19H26BrN3O4/c1-19(2,3)27-18(26)23-10-9-17(25)22-12-11-21-16(24)8-7-14-5-4-6-15(20)13-14/h4-8,13H,9-12H2,1-3H3,(H,21,24)(H,22,25)(H,23,26)/b8-7+. The molecule has 148 valence electrons. The van der Waals surface area contributed by atoms with Crippen LogP contribution in [0.3, 0.4) is 0 Å². The number of rotatable bonds is 8. The van der Waals surface area contributed by atoms with Gasteiger partial charge in [0.2, 0.25) is 11.8 Å². The number of hydrogen-bond donors (Lipinski definition) is 3. The van der Waals surface area contributed by atoms with Crippen molar-refractivity contribution in [2.75, 3.05) is 19.6 Å². The van der Waals surface area contributed by atoms with Crippen LogP contribution in [0.25, 0.3) is 6.08 Å². The van der Waals surface area contributed by atoms with Crippen molar-refractivity contribution in [3.05, 3.63) is 40.4 Å². The Kier molecular flexibility index (Phi) is 9.56. The number of amides is 3. The zero-order chi connectivity index (χ0) is 20.3. The summed E-state index contributed by atoms with van der Waals surface area (Å²) in [4.78, 5) is 34.8. The molecular formula is C19H26BrN3O4. The van der Waals surface area contributed by atoms with Crippen molar-refractivity contribution in [1.82, 2.24) is 16.0 Å². The van der Waals surface area contributed by atoms with Crippen molar-refractivity contribution >= 4 is 39.9 Å². The van der Waals surface area contributed by atoms with E-state index in [0.717, 1.165) is 10.0 Å². The molecule has 0 bridgehead atoms. The van der Waals surface area contributed by atoms with Gasteiger partial charge in [-0.1, -0.05) is 28.1 Å². The summed E-state index contributed by atoms with van der Waals surface area (Å²) in [5.41, 5.74) is 0.334. The van der Waals surface area contributed by atoms with Gasteiger partial charge >= 0.3 is 6.09 Å². The highest BCUT2D eigenvalue weighted by molar-refractivity contribution is 9.10. The van der Waals surface area contributed by atoms with Gasteiger partial charge in [0.05, 0.1) is 0 Å². The third kappa shape index (κ3) is 11.8. The van der Waals surface area contributed by atoms with Crippen LogP contribution in [0.5, 0.6) is 0 Å². The predicted molar refractivity (Wildman–Crippen MR) is 108 cm³/mol. The van der Waals surface area contributed by atoms with E-state index in [1.807, 2.05) is 24.3 Å². The number of nitrogens with one attached hydrogen (secondary N) is 3. The molecule has 0 aliphatic carbocycles. The quantitative estimate of drug-likeness (QED) is 0.428. The molecule has 3 amide bonds. The first kappa shape index (κ1) is 22.7. The molecule has 0 atom stereocenters. The highest BCUT2D eigenvalue weighted by Gasteiger charge is 2.15. The molecule has 0 saturated heterocycles. The maximum atomic E-state index is 11.7. The van der Waals surface area contributed by atoms with Crippen LogP contribution in [0, 0.1) is 0 Å². The highest BCUT2D eigenvalue weighted by atomic mass is 79.9. The topological polar surface area (TPSA) is 96.5 Å². The van der Waals surface area contributed by atoms with Crippen molar-refractivity contribution in [3.63, 3.8) is 0 Å². The monoisotopic (exact) mass is 439 g/mol. The lowest BCUT2D eigenvalue weighted by molar-refractivity contribution is -0.121. The van der Waals surface area contributed by atoms with Gasteiger partial charge in [0.1, 0.15) is 5.60 Å². The molecule has 3 N–H and O–H groups in total. The van der Waals surface area contributed by atoms with E-state index < -0.39 is 11.7 Å². The molecule has 0 spiro atoms. The first-order valence-corrected chi connectivity index (χ1v) is 9.40. The third-order valence-electron chi connectivity index (χ3n) is 3.04. The molecule has 1 aromatic carbocycles. The Hall–Kier alpha value is -2.35. The molecule has 0 heterocycles. The second kappa shape index (κ2) is 11.4. The predicted octanol–water partition coefficient (Wildman–Crippen LogP) is 2.61. The third-order valence-corrected chi connectivity index (χ3v) is 3.54. The van der Waals surface area contributed by atoms with Gasteiger partial charge in [0.15, 0.2) is 0 Å². The highest BCUT2D eigenvalue weighted by Crippen LogP contribution is 2.12. The second-order valence-corrected chi connectivity index (χ2v) is 7.62. The van der Waals surface area contributed by atoms with Gasteiger partial charge in [-0.05, 0) is 44.5 Å².